The van der Waals surface area contributed by atoms with Gasteiger partial charge in [-0.3, -0.25) is 14.3 Å². The van der Waals surface area contributed by atoms with E-state index >= 15 is 0 Å². The van der Waals surface area contributed by atoms with Crippen LogP contribution in [0.15, 0.2) is 54.0 Å². The Kier molecular flexibility index (Phi) is 11.3. The highest BCUT2D eigenvalue weighted by Gasteiger charge is 2.16. The Labute approximate surface area is 206 Å². The van der Waals surface area contributed by atoms with Crippen molar-refractivity contribution in [3.8, 4) is 0 Å². The highest BCUT2D eigenvalue weighted by molar-refractivity contribution is 5.94. The lowest BCUT2D eigenvalue weighted by Crippen LogP contribution is -2.35. The first-order valence-electron chi connectivity index (χ1n) is 11.9. The number of nitrogens with one attached hydrogen (secondary N) is 1. The monoisotopic (exact) mass is 490 g/mol. The number of aromatic nitrogens is 2. The maximum Gasteiger partial charge on any atom is 0.257 e. The fourth-order valence-electron chi connectivity index (χ4n) is 3.64. The van der Waals surface area contributed by atoms with E-state index < -0.39 is 13.0 Å². The highest BCUT2D eigenvalue weighted by atomic mass is 19.3. The number of hydrogen-bond donors (Lipinski definition) is 1. The van der Waals surface area contributed by atoms with Crippen molar-refractivity contribution in [2.45, 2.75) is 53.0 Å². The summed E-state index contributed by atoms with van der Waals surface area (Å²) in [6.07, 6.45) is 9.45. The molecule has 1 aliphatic heterocycles. The normalized spacial score (nSPS) is 15.4. The second kappa shape index (κ2) is 14.2. The number of amides is 2. The van der Waals surface area contributed by atoms with Gasteiger partial charge in [0.05, 0.1) is 11.9 Å². The average molecular weight is 491 g/mol. The topological polar surface area (TPSA) is 82.8 Å². The summed E-state index contributed by atoms with van der Waals surface area (Å²) < 4.78 is 26.1. The molecule has 0 aliphatic carbocycles. The van der Waals surface area contributed by atoms with Crippen LogP contribution in [0, 0.1) is 5.92 Å². The largest absolute Gasteiger partial charge is 0.341 e. The average Bonchev–Trinajstić information content (AvgIpc) is 3.23. The Morgan fingerprint density at radius 3 is 2.77 bits per heavy atom. The molecular weight excluding hydrogens is 454 g/mol. The molecule has 10 heteroatoms. The van der Waals surface area contributed by atoms with E-state index in [1.807, 2.05) is 4.90 Å². The second-order valence-corrected chi connectivity index (χ2v) is 8.92. The number of nitrogens with zero attached hydrogens (tertiary/aromatic N) is 5. The summed E-state index contributed by atoms with van der Waals surface area (Å²) in [7, 11) is 0. The van der Waals surface area contributed by atoms with E-state index in [0.717, 1.165) is 24.8 Å². The van der Waals surface area contributed by atoms with Crippen molar-refractivity contribution in [2.24, 2.45) is 10.9 Å². The molecule has 2 amide bonds. The zero-order chi connectivity index (χ0) is 25.8. The van der Waals surface area contributed by atoms with Crippen molar-refractivity contribution in [1.82, 2.24) is 19.6 Å². The molecule has 8 nitrogen and oxygen atoms in total. The van der Waals surface area contributed by atoms with Crippen LogP contribution >= 0.6 is 0 Å². The quantitative estimate of drug-likeness (QED) is 0.195. The molecule has 1 N–H and O–H groups in total. The fraction of sp³-hybridized carbons (Fsp3) is 0.520. The number of alkyl halides is 2. The first kappa shape index (κ1) is 27.9. The minimum Gasteiger partial charge on any atom is -0.341 e. The summed E-state index contributed by atoms with van der Waals surface area (Å²) in [6, 6.07) is 0. The molecule has 2 heterocycles. The molecule has 0 aromatic carbocycles. The van der Waals surface area contributed by atoms with Crippen LogP contribution in [0.1, 0.15) is 40.0 Å². The maximum atomic E-state index is 12.4. The van der Waals surface area contributed by atoms with E-state index in [1.54, 1.807) is 24.1 Å². The molecule has 1 aliphatic rings. The predicted octanol–water partition coefficient (Wildman–Crippen LogP) is 4.10. The Bertz CT molecular complexity index is 952. The number of hydrogen-bond acceptors (Lipinski definition) is 4. The van der Waals surface area contributed by atoms with Gasteiger partial charge in [-0.1, -0.05) is 26.5 Å². The molecule has 192 valence electrons. The molecule has 0 saturated carbocycles. The molecule has 0 bridgehead atoms. The minimum absolute atomic E-state index is 0.0318. The Morgan fingerprint density at radius 1 is 1.31 bits per heavy atom. The van der Waals surface area contributed by atoms with Crippen molar-refractivity contribution in [3.05, 3.63) is 49.0 Å². The number of anilines is 1. The van der Waals surface area contributed by atoms with Gasteiger partial charge in [-0.15, -0.1) is 0 Å². The van der Waals surface area contributed by atoms with E-state index in [4.69, 9.17) is 0 Å². The molecule has 0 radical (unpaired) electrons. The first-order valence-corrected chi connectivity index (χ1v) is 11.9. The summed E-state index contributed by atoms with van der Waals surface area (Å²) in [4.78, 5) is 32.2. The van der Waals surface area contributed by atoms with Crippen molar-refractivity contribution < 1.29 is 18.4 Å². The van der Waals surface area contributed by atoms with Crippen LogP contribution in [-0.2, 0) is 16.1 Å². The van der Waals surface area contributed by atoms with Crippen LogP contribution in [0.2, 0.25) is 0 Å². The molecule has 1 aromatic rings. The molecule has 0 unspecified atom stereocenters. The Morgan fingerprint density at radius 2 is 2.09 bits per heavy atom. The number of unbranched alkanes of at least 4 members (excludes halogenated alkanes) is 2. The van der Waals surface area contributed by atoms with Crippen molar-refractivity contribution in [1.29, 1.82) is 0 Å². The van der Waals surface area contributed by atoms with Gasteiger partial charge in [0.15, 0.2) is 0 Å². The van der Waals surface area contributed by atoms with Gasteiger partial charge in [-0.25, -0.2) is 13.8 Å². The summed E-state index contributed by atoms with van der Waals surface area (Å²) in [5, 5.41) is 6.89. The molecule has 35 heavy (non-hydrogen) atoms. The third-order valence-corrected chi connectivity index (χ3v) is 5.26. The zero-order valence-electron chi connectivity index (χ0n) is 20.8. The molecule has 0 fully saturated rings. The van der Waals surface area contributed by atoms with Gasteiger partial charge in [-0.2, -0.15) is 5.10 Å². The van der Waals surface area contributed by atoms with Gasteiger partial charge in [0, 0.05) is 44.7 Å². The van der Waals surface area contributed by atoms with Crippen molar-refractivity contribution >= 4 is 23.3 Å². The third kappa shape index (κ3) is 10.2. The smallest absolute Gasteiger partial charge is 0.257 e. The van der Waals surface area contributed by atoms with Crippen LogP contribution in [0.25, 0.3) is 0 Å². The molecule has 2 rings (SSSR count). The molecular formula is C25H36F2N6O2. The lowest BCUT2D eigenvalue weighted by Gasteiger charge is -2.25. The van der Waals surface area contributed by atoms with Crippen LogP contribution in [0.4, 0.5) is 14.5 Å². The van der Waals surface area contributed by atoms with Gasteiger partial charge >= 0.3 is 0 Å². The van der Waals surface area contributed by atoms with Crippen LogP contribution in [-0.4, -0.2) is 69.8 Å². The highest BCUT2D eigenvalue weighted by Crippen LogP contribution is 2.13. The van der Waals surface area contributed by atoms with Crippen LogP contribution in [0.3, 0.4) is 0 Å². The summed E-state index contributed by atoms with van der Waals surface area (Å²) >= 11 is 0. The summed E-state index contributed by atoms with van der Waals surface area (Å²) in [5.41, 5.74) is 1.46. The van der Waals surface area contributed by atoms with E-state index in [1.165, 1.54) is 29.2 Å². The number of carbonyl (C=O) groups excluding carboxylic acids is 2. The van der Waals surface area contributed by atoms with Crippen molar-refractivity contribution in [2.75, 3.05) is 31.5 Å². The van der Waals surface area contributed by atoms with Crippen LogP contribution in [0.5, 0.6) is 0 Å². The molecule has 0 saturated heterocycles. The Balaban J connectivity index is 1.80. The lowest BCUT2D eigenvalue weighted by atomic mass is 10.1. The molecule has 1 aromatic heterocycles. The van der Waals surface area contributed by atoms with E-state index in [9.17, 15) is 18.4 Å². The van der Waals surface area contributed by atoms with Crippen molar-refractivity contribution in [3.63, 3.8) is 0 Å². The van der Waals surface area contributed by atoms with Gasteiger partial charge in [-0.05, 0) is 43.8 Å². The van der Waals surface area contributed by atoms with Gasteiger partial charge in [0.2, 0.25) is 11.8 Å². The molecule has 0 atom stereocenters. The van der Waals surface area contributed by atoms with E-state index in [2.05, 4.69) is 35.8 Å². The minimum atomic E-state index is -2.47. The summed E-state index contributed by atoms with van der Waals surface area (Å²) in [5.74, 6) is 0.894. The SMILES string of the molecule is C=CC(=O)N(CCCCCN1C/C(=C\N=C(C)Nc2cnn(CC(F)F)c2)C=CC1=O)CC(C)C. The standard InChI is InChI=1S/C25H36F2N6O2/c1-5-24(34)31(15-19(2)3)11-7-6-8-12-32-16-21(9-10-25(32)35)13-28-20(4)30-22-14-29-33(17-22)18-23(26)27/h5,9-10,13-14,17,19,23H,1,6-8,11-12,15-16,18H2,2-4H3,(H,28,30)/b21-13-. The van der Waals surface area contributed by atoms with Gasteiger partial charge in [0.25, 0.3) is 6.43 Å². The number of amidine groups is 1. The maximum absolute atomic E-state index is 12.4. The summed E-state index contributed by atoms with van der Waals surface area (Å²) in [6.45, 7) is 11.5. The van der Waals surface area contributed by atoms with Gasteiger partial charge < -0.3 is 15.1 Å². The number of aliphatic imine (C=N–C) groups is 1. The predicted molar refractivity (Wildman–Crippen MR) is 134 cm³/mol. The van der Waals surface area contributed by atoms with E-state index in [0.29, 0.717) is 43.6 Å². The second-order valence-electron chi connectivity index (χ2n) is 8.92. The fourth-order valence-corrected chi connectivity index (χ4v) is 3.64. The Hall–Kier alpha value is -3.30. The zero-order valence-corrected chi connectivity index (χ0v) is 20.8. The third-order valence-electron chi connectivity index (χ3n) is 5.26. The number of halogens is 2. The van der Waals surface area contributed by atoms with Crippen LogP contribution < -0.4 is 5.32 Å². The molecule has 0 spiro atoms. The lowest BCUT2D eigenvalue weighted by molar-refractivity contribution is -0.126. The number of rotatable bonds is 13. The van der Waals surface area contributed by atoms with Gasteiger partial charge in [0.1, 0.15) is 12.4 Å². The van der Waals surface area contributed by atoms with E-state index in [-0.39, 0.29) is 11.8 Å². The number of carbonyl (C=O) groups is 2. The first-order chi connectivity index (χ1) is 16.7.